The number of benzene rings is 2. The first-order chi connectivity index (χ1) is 16.5. The van der Waals surface area contributed by atoms with Gasteiger partial charge in [0.1, 0.15) is 12.1 Å². The van der Waals surface area contributed by atoms with Crippen molar-refractivity contribution in [1.29, 1.82) is 0 Å². The zero-order chi connectivity index (χ0) is 25.4. The van der Waals surface area contributed by atoms with Crippen LogP contribution in [-0.2, 0) is 19.6 Å². The molecule has 1 saturated carbocycles. The molecule has 4 rings (SSSR count). The molecule has 1 spiro atoms. The fourth-order valence-corrected chi connectivity index (χ4v) is 6.07. The number of hydrogen-bond donors (Lipinski definition) is 3. The van der Waals surface area contributed by atoms with E-state index in [1.54, 1.807) is 0 Å². The van der Waals surface area contributed by atoms with Crippen LogP contribution in [0, 0.1) is 19.8 Å². The molecule has 1 aliphatic carbocycles. The number of amides is 4. The molecule has 0 radical (unpaired) electrons. The quantitative estimate of drug-likeness (QED) is 0.526. The van der Waals surface area contributed by atoms with Gasteiger partial charge in [0.25, 0.3) is 15.9 Å². The number of carbonyl (C=O) groups excluding carboxylic acids is 3. The molecule has 1 aliphatic heterocycles. The second-order valence-corrected chi connectivity index (χ2v) is 11.1. The third-order valence-electron chi connectivity index (χ3n) is 6.97. The van der Waals surface area contributed by atoms with Crippen LogP contribution in [0.5, 0.6) is 0 Å². The van der Waals surface area contributed by atoms with E-state index in [-0.39, 0.29) is 16.7 Å². The predicted octanol–water partition coefficient (Wildman–Crippen LogP) is 3.54. The number of nitrogens with zero attached hydrogens (tertiary/aromatic N) is 1. The van der Waals surface area contributed by atoms with Crippen molar-refractivity contribution in [2.75, 3.05) is 16.6 Å². The average Bonchev–Trinajstić information content (AvgIpc) is 3.03. The van der Waals surface area contributed by atoms with Crippen molar-refractivity contribution in [1.82, 2.24) is 10.2 Å². The molecule has 4 amide bonds. The highest BCUT2D eigenvalue weighted by Crippen LogP contribution is 2.38. The summed E-state index contributed by atoms with van der Waals surface area (Å²) in [5, 5.41) is 5.45. The van der Waals surface area contributed by atoms with Crippen LogP contribution in [0.25, 0.3) is 0 Å². The fraction of sp³-hybridized carbons (Fsp3) is 0.400. The summed E-state index contributed by atoms with van der Waals surface area (Å²) in [6.45, 7) is 5.19. The third kappa shape index (κ3) is 4.75. The largest absolute Gasteiger partial charge is 0.325 e. The second kappa shape index (κ2) is 9.33. The lowest BCUT2D eigenvalue weighted by atomic mass is 9.73. The number of urea groups is 1. The second-order valence-electron chi connectivity index (χ2n) is 9.38. The van der Waals surface area contributed by atoms with Gasteiger partial charge in [-0.3, -0.25) is 19.2 Å². The molecule has 2 aromatic rings. The summed E-state index contributed by atoms with van der Waals surface area (Å²) in [5.74, 6) is -0.894. The Balaban J connectivity index is 1.41. The van der Waals surface area contributed by atoms with Crippen LogP contribution in [0.1, 0.15) is 43.7 Å². The fourth-order valence-electron chi connectivity index (χ4n) is 4.87. The highest BCUT2D eigenvalue weighted by atomic mass is 32.2. The van der Waals surface area contributed by atoms with Gasteiger partial charge in [-0.15, -0.1) is 0 Å². The van der Waals surface area contributed by atoms with Gasteiger partial charge in [0, 0.05) is 5.69 Å². The van der Waals surface area contributed by atoms with Gasteiger partial charge >= 0.3 is 6.03 Å². The highest BCUT2D eigenvalue weighted by Gasteiger charge is 2.55. The molecule has 2 atom stereocenters. The summed E-state index contributed by atoms with van der Waals surface area (Å²) < 4.78 is 28.3. The number of hydrogen-bond acceptors (Lipinski definition) is 5. The Morgan fingerprint density at radius 3 is 2.37 bits per heavy atom. The number of para-hydroxylation sites is 1. The first-order valence-corrected chi connectivity index (χ1v) is 13.1. The molecule has 9 nitrogen and oxygen atoms in total. The molecule has 1 saturated heterocycles. The van der Waals surface area contributed by atoms with Gasteiger partial charge in [0.05, 0.1) is 10.6 Å². The van der Waals surface area contributed by atoms with Gasteiger partial charge in [-0.1, -0.05) is 38.0 Å². The number of rotatable bonds is 6. The summed E-state index contributed by atoms with van der Waals surface area (Å²) in [4.78, 5) is 39.1. The van der Waals surface area contributed by atoms with Gasteiger partial charge < -0.3 is 10.6 Å². The number of anilines is 2. The lowest BCUT2D eigenvalue weighted by Crippen LogP contribution is -2.54. The Morgan fingerprint density at radius 1 is 1.09 bits per heavy atom. The van der Waals surface area contributed by atoms with Gasteiger partial charge in [0.15, 0.2) is 0 Å². The number of aryl methyl sites for hydroxylation is 2. The van der Waals surface area contributed by atoms with Crippen LogP contribution in [0.15, 0.2) is 47.4 Å². The predicted molar refractivity (Wildman–Crippen MR) is 132 cm³/mol. The maximum atomic E-state index is 13.0. The molecular formula is C25H30N4O5S. The van der Waals surface area contributed by atoms with Crippen LogP contribution in [-0.4, -0.2) is 43.2 Å². The minimum Gasteiger partial charge on any atom is -0.325 e. The Morgan fingerprint density at radius 2 is 1.74 bits per heavy atom. The van der Waals surface area contributed by atoms with Crippen molar-refractivity contribution < 1.29 is 22.8 Å². The van der Waals surface area contributed by atoms with Crippen LogP contribution < -0.4 is 15.4 Å². The summed E-state index contributed by atoms with van der Waals surface area (Å²) >= 11 is 0. The Bertz CT molecular complexity index is 1260. The first-order valence-electron chi connectivity index (χ1n) is 11.7. The topological polar surface area (TPSA) is 125 Å². The zero-order valence-electron chi connectivity index (χ0n) is 20.1. The highest BCUT2D eigenvalue weighted by molar-refractivity contribution is 7.92. The molecule has 2 fully saturated rings. The van der Waals surface area contributed by atoms with Crippen molar-refractivity contribution in [3.63, 3.8) is 0 Å². The van der Waals surface area contributed by atoms with Gasteiger partial charge in [0.2, 0.25) is 5.91 Å². The van der Waals surface area contributed by atoms with Gasteiger partial charge in [-0.25, -0.2) is 13.2 Å². The van der Waals surface area contributed by atoms with Crippen LogP contribution in [0.2, 0.25) is 0 Å². The van der Waals surface area contributed by atoms with E-state index in [1.165, 1.54) is 24.3 Å². The van der Waals surface area contributed by atoms with E-state index in [1.807, 2.05) is 39.0 Å². The van der Waals surface area contributed by atoms with E-state index in [0.717, 1.165) is 35.3 Å². The minimum absolute atomic E-state index is 0.00678. The Labute approximate surface area is 205 Å². The van der Waals surface area contributed by atoms with Gasteiger partial charge in [-0.05, 0) is 68.0 Å². The standard InChI is InChI=1S/C25H30N4O5S/c1-16-7-6-8-17(2)22(16)28-35(33,34)20-12-10-19(11-13-20)26-21(30)15-29-23(31)25(27-24(29)32)14-5-4-9-18(25)3/h6-8,10-13,18,28H,4-5,9,14-15H2,1-3H3,(H,26,30)(H,27,32). The molecule has 10 heteroatoms. The van der Waals surface area contributed by atoms with E-state index < -0.39 is 34.0 Å². The van der Waals surface area contributed by atoms with Crippen molar-refractivity contribution in [3.8, 4) is 0 Å². The maximum absolute atomic E-state index is 13.0. The van der Waals surface area contributed by atoms with E-state index in [4.69, 9.17) is 0 Å². The number of nitrogens with one attached hydrogen (secondary N) is 3. The number of imide groups is 1. The molecule has 0 aromatic heterocycles. The SMILES string of the molecule is Cc1cccc(C)c1NS(=O)(=O)c1ccc(NC(=O)CN2C(=O)NC3(CCCCC3C)C2=O)cc1. The van der Waals surface area contributed by atoms with Crippen molar-refractivity contribution in [3.05, 3.63) is 53.6 Å². The lowest BCUT2D eigenvalue weighted by Gasteiger charge is -2.36. The van der Waals surface area contributed by atoms with Gasteiger partial charge in [-0.2, -0.15) is 0 Å². The van der Waals surface area contributed by atoms with E-state index in [0.29, 0.717) is 17.8 Å². The van der Waals surface area contributed by atoms with Crippen molar-refractivity contribution >= 4 is 39.2 Å². The van der Waals surface area contributed by atoms with Crippen molar-refractivity contribution in [2.45, 2.75) is 56.9 Å². The molecule has 1 heterocycles. The Hall–Kier alpha value is -3.40. The average molecular weight is 499 g/mol. The molecule has 2 aromatic carbocycles. The van der Waals surface area contributed by atoms with Crippen LogP contribution in [0.3, 0.4) is 0 Å². The molecule has 2 aliphatic rings. The molecule has 35 heavy (non-hydrogen) atoms. The summed E-state index contributed by atoms with van der Waals surface area (Å²) in [6, 6.07) is 10.7. The zero-order valence-corrected chi connectivity index (χ0v) is 20.9. The molecular weight excluding hydrogens is 468 g/mol. The minimum atomic E-state index is -3.83. The van der Waals surface area contributed by atoms with E-state index in [2.05, 4.69) is 15.4 Å². The molecule has 2 unspecified atom stereocenters. The molecule has 0 bridgehead atoms. The normalized spacial score (nSPS) is 22.3. The molecule has 3 N–H and O–H groups in total. The van der Waals surface area contributed by atoms with E-state index >= 15 is 0 Å². The summed E-state index contributed by atoms with van der Waals surface area (Å²) in [6.07, 6.45) is 3.28. The third-order valence-corrected chi connectivity index (χ3v) is 8.33. The smallest absolute Gasteiger partial charge is 0.325 e. The first kappa shape index (κ1) is 24.7. The summed E-state index contributed by atoms with van der Waals surface area (Å²) in [5.41, 5.74) is 1.58. The maximum Gasteiger partial charge on any atom is 0.325 e. The number of carbonyl (C=O) groups is 3. The van der Waals surface area contributed by atoms with Crippen LogP contribution in [0.4, 0.5) is 16.2 Å². The van der Waals surface area contributed by atoms with Crippen molar-refractivity contribution in [2.24, 2.45) is 5.92 Å². The number of sulfonamides is 1. The summed E-state index contributed by atoms with van der Waals surface area (Å²) in [7, 11) is -3.83. The van der Waals surface area contributed by atoms with E-state index in [9.17, 15) is 22.8 Å². The lowest BCUT2D eigenvalue weighted by molar-refractivity contribution is -0.136. The Kier molecular flexibility index (Phi) is 6.59. The van der Waals surface area contributed by atoms with Crippen LogP contribution >= 0.6 is 0 Å². The monoisotopic (exact) mass is 498 g/mol. The molecule has 186 valence electrons.